The Labute approximate surface area is 156 Å². The first-order valence-electron chi connectivity index (χ1n) is 7.56. The summed E-state index contributed by atoms with van der Waals surface area (Å²) in [6.45, 7) is 3.49. The van der Waals surface area contributed by atoms with Crippen LogP contribution in [0.1, 0.15) is 19.4 Å². The van der Waals surface area contributed by atoms with E-state index in [0.29, 0.717) is 17.4 Å². The van der Waals surface area contributed by atoms with Gasteiger partial charge in [-0.25, -0.2) is 12.8 Å². The first-order chi connectivity index (χ1) is 12.1. The summed E-state index contributed by atoms with van der Waals surface area (Å²) in [4.78, 5) is 11.9. The number of thiophene rings is 1. The molecule has 0 amide bonds. The van der Waals surface area contributed by atoms with Crippen LogP contribution in [-0.4, -0.2) is 33.7 Å². The first-order valence-corrected chi connectivity index (χ1v) is 10.3. The number of halogens is 1. The molecule has 0 bridgehead atoms. The molecule has 8 heteroatoms. The Hall–Kier alpha value is -2.03. The first kappa shape index (κ1) is 20.3. The van der Waals surface area contributed by atoms with Crippen molar-refractivity contribution in [3.8, 4) is 5.06 Å². The van der Waals surface area contributed by atoms with Crippen LogP contribution in [0.15, 0.2) is 46.4 Å². The molecular weight excluding hydrogens is 379 g/mol. The standard InChI is InChI=1S/C18H19FO5S2/c1-18(2,23-3)17(12-5-7-14(8-6-12)26(4,21)22)15(10-20)24-16-9-13(19)11-25-16/h5-11H,1-4H3/b17-15+. The van der Waals surface area contributed by atoms with E-state index in [1.165, 1.54) is 30.7 Å². The molecule has 0 aliphatic rings. The smallest absolute Gasteiger partial charge is 0.185 e. The third-order valence-electron chi connectivity index (χ3n) is 3.79. The van der Waals surface area contributed by atoms with E-state index in [9.17, 15) is 17.6 Å². The van der Waals surface area contributed by atoms with E-state index in [-0.39, 0.29) is 15.7 Å². The summed E-state index contributed by atoms with van der Waals surface area (Å²) in [6, 6.07) is 7.23. The van der Waals surface area contributed by atoms with Crippen LogP contribution in [0.2, 0.25) is 0 Å². The minimum absolute atomic E-state index is 0.0363. The zero-order valence-corrected chi connectivity index (χ0v) is 16.4. The molecule has 2 rings (SSSR count). The molecule has 0 aliphatic heterocycles. The van der Waals surface area contributed by atoms with Gasteiger partial charge in [-0.15, -0.1) is 11.3 Å². The molecule has 0 fully saturated rings. The summed E-state index contributed by atoms with van der Waals surface area (Å²) in [7, 11) is -1.86. The highest BCUT2D eigenvalue weighted by molar-refractivity contribution is 7.90. The van der Waals surface area contributed by atoms with Gasteiger partial charge >= 0.3 is 0 Å². The third kappa shape index (κ3) is 4.57. The largest absolute Gasteiger partial charge is 0.443 e. The lowest BCUT2D eigenvalue weighted by Gasteiger charge is -2.28. The van der Waals surface area contributed by atoms with E-state index in [1.807, 2.05) is 0 Å². The van der Waals surface area contributed by atoms with E-state index >= 15 is 0 Å². The number of carbonyl (C=O) groups excluding carboxylic acids is 1. The number of sulfone groups is 1. The van der Waals surface area contributed by atoms with Gasteiger partial charge in [0.15, 0.2) is 26.9 Å². The summed E-state index contributed by atoms with van der Waals surface area (Å²) < 4.78 is 47.6. The quantitative estimate of drug-likeness (QED) is 0.404. The average molecular weight is 398 g/mol. The minimum Gasteiger partial charge on any atom is -0.443 e. The van der Waals surface area contributed by atoms with Crippen LogP contribution < -0.4 is 4.74 Å². The van der Waals surface area contributed by atoms with Gasteiger partial charge in [0.2, 0.25) is 0 Å². The highest BCUT2D eigenvalue weighted by Gasteiger charge is 2.29. The molecule has 5 nitrogen and oxygen atoms in total. The fourth-order valence-corrected chi connectivity index (χ4v) is 3.59. The highest BCUT2D eigenvalue weighted by atomic mass is 32.2. The third-order valence-corrected chi connectivity index (χ3v) is 5.70. The lowest BCUT2D eigenvalue weighted by atomic mass is 9.90. The van der Waals surface area contributed by atoms with Gasteiger partial charge in [0, 0.05) is 30.4 Å². The molecule has 0 saturated heterocycles. The molecule has 0 saturated carbocycles. The van der Waals surface area contributed by atoms with Crippen molar-refractivity contribution in [1.82, 2.24) is 0 Å². The summed E-state index contributed by atoms with van der Waals surface area (Å²) in [5, 5.41) is 1.49. The monoisotopic (exact) mass is 398 g/mol. The van der Waals surface area contributed by atoms with Crippen LogP contribution in [0.5, 0.6) is 5.06 Å². The summed E-state index contributed by atoms with van der Waals surface area (Å²) in [5.41, 5.74) is 0.0609. The van der Waals surface area contributed by atoms with Crippen molar-refractivity contribution in [2.75, 3.05) is 13.4 Å². The molecule has 2 aromatic rings. The van der Waals surface area contributed by atoms with Crippen LogP contribution in [0, 0.1) is 5.82 Å². The predicted octanol–water partition coefficient (Wildman–Crippen LogP) is 3.70. The number of hydrogen-bond acceptors (Lipinski definition) is 6. The van der Waals surface area contributed by atoms with Crippen molar-refractivity contribution in [3.05, 3.63) is 52.9 Å². The maximum absolute atomic E-state index is 13.2. The molecule has 1 aromatic carbocycles. The van der Waals surface area contributed by atoms with E-state index in [1.54, 1.807) is 26.0 Å². The second-order valence-electron chi connectivity index (χ2n) is 6.05. The Kier molecular flexibility index (Phi) is 6.00. The maximum atomic E-state index is 13.2. The average Bonchev–Trinajstić information content (AvgIpc) is 2.98. The summed E-state index contributed by atoms with van der Waals surface area (Å²) in [6.07, 6.45) is 1.64. The van der Waals surface area contributed by atoms with E-state index in [0.717, 1.165) is 17.6 Å². The Morgan fingerprint density at radius 1 is 1.23 bits per heavy atom. The molecule has 0 atom stereocenters. The Balaban J connectivity index is 2.59. The minimum atomic E-state index is -3.35. The molecule has 0 N–H and O–H groups in total. The Morgan fingerprint density at radius 2 is 1.85 bits per heavy atom. The van der Waals surface area contributed by atoms with Gasteiger partial charge in [0.1, 0.15) is 5.82 Å². The molecule has 1 heterocycles. The highest BCUT2D eigenvalue weighted by Crippen LogP contribution is 2.35. The normalized spacial score (nSPS) is 13.3. The molecule has 140 valence electrons. The summed E-state index contributed by atoms with van der Waals surface area (Å²) in [5.74, 6) is -0.494. The SMILES string of the molecule is COC(C)(C)/C(=C(\C=O)Oc1cc(F)cs1)c1ccc(S(C)(=O)=O)cc1. The fraction of sp³-hybridized carbons (Fsp3) is 0.278. The summed E-state index contributed by atoms with van der Waals surface area (Å²) >= 11 is 1.02. The van der Waals surface area contributed by atoms with Gasteiger partial charge in [-0.2, -0.15) is 0 Å². The van der Waals surface area contributed by atoms with Crippen molar-refractivity contribution in [3.63, 3.8) is 0 Å². The number of allylic oxidation sites excluding steroid dienone is 1. The molecule has 26 heavy (non-hydrogen) atoms. The Morgan fingerprint density at radius 3 is 2.27 bits per heavy atom. The van der Waals surface area contributed by atoms with Crippen molar-refractivity contribution in [2.45, 2.75) is 24.3 Å². The van der Waals surface area contributed by atoms with Crippen LogP contribution >= 0.6 is 11.3 Å². The molecule has 0 unspecified atom stereocenters. The number of aldehydes is 1. The molecule has 0 radical (unpaired) electrons. The van der Waals surface area contributed by atoms with Crippen molar-refractivity contribution >= 4 is 33.0 Å². The number of benzene rings is 1. The van der Waals surface area contributed by atoms with E-state index in [4.69, 9.17) is 9.47 Å². The van der Waals surface area contributed by atoms with Crippen molar-refractivity contribution in [2.24, 2.45) is 0 Å². The number of methoxy groups -OCH3 is 1. The van der Waals surface area contributed by atoms with E-state index in [2.05, 4.69) is 0 Å². The Bertz CT molecular complexity index is 925. The van der Waals surface area contributed by atoms with Gasteiger partial charge in [-0.3, -0.25) is 4.79 Å². The maximum Gasteiger partial charge on any atom is 0.185 e. The van der Waals surface area contributed by atoms with Crippen molar-refractivity contribution in [1.29, 1.82) is 0 Å². The second kappa shape index (κ2) is 7.69. The van der Waals surface area contributed by atoms with Gasteiger partial charge in [-0.1, -0.05) is 12.1 Å². The molecular formula is C18H19FO5S2. The van der Waals surface area contributed by atoms with Crippen LogP contribution in [-0.2, 0) is 19.4 Å². The zero-order valence-electron chi connectivity index (χ0n) is 14.8. The van der Waals surface area contributed by atoms with Gasteiger partial charge in [0.25, 0.3) is 0 Å². The molecule has 0 spiro atoms. The number of hydrogen-bond donors (Lipinski definition) is 0. The van der Waals surface area contributed by atoms with Gasteiger partial charge in [0.05, 0.1) is 10.5 Å². The topological polar surface area (TPSA) is 69.7 Å². The second-order valence-corrected chi connectivity index (χ2v) is 8.94. The molecule has 1 aromatic heterocycles. The number of carbonyl (C=O) groups is 1. The number of rotatable bonds is 7. The van der Waals surface area contributed by atoms with Crippen LogP contribution in [0.4, 0.5) is 4.39 Å². The lowest BCUT2D eigenvalue weighted by molar-refractivity contribution is -0.106. The van der Waals surface area contributed by atoms with Crippen LogP contribution in [0.3, 0.4) is 0 Å². The lowest BCUT2D eigenvalue weighted by Crippen LogP contribution is -2.27. The van der Waals surface area contributed by atoms with Crippen molar-refractivity contribution < 1.29 is 27.1 Å². The van der Waals surface area contributed by atoms with E-state index < -0.39 is 21.3 Å². The van der Waals surface area contributed by atoms with Gasteiger partial charge in [-0.05, 0) is 31.5 Å². The predicted molar refractivity (Wildman–Crippen MR) is 98.5 cm³/mol. The van der Waals surface area contributed by atoms with Crippen LogP contribution in [0.25, 0.3) is 5.57 Å². The fourth-order valence-electron chi connectivity index (χ4n) is 2.35. The zero-order chi connectivity index (χ0) is 19.5. The van der Waals surface area contributed by atoms with Gasteiger partial charge < -0.3 is 9.47 Å². The molecule has 0 aliphatic carbocycles. The number of ether oxygens (including phenoxy) is 2.